The summed E-state index contributed by atoms with van der Waals surface area (Å²) in [6.45, 7) is 9.56. The van der Waals surface area contributed by atoms with Gasteiger partial charge < -0.3 is 10.1 Å². The van der Waals surface area contributed by atoms with Crippen LogP contribution in [0.2, 0.25) is 0 Å². The Labute approximate surface area is 130 Å². The minimum absolute atomic E-state index is 0.601. The zero-order valence-electron chi connectivity index (χ0n) is 14.1. The molecule has 0 saturated heterocycles. The van der Waals surface area contributed by atoms with Crippen molar-refractivity contribution in [1.82, 2.24) is 0 Å². The third-order valence-corrected chi connectivity index (χ3v) is 4.38. The average Bonchev–Trinajstić information content (AvgIpc) is 2.42. The highest BCUT2D eigenvalue weighted by Crippen LogP contribution is 2.33. The normalized spacial score (nSPS) is 22.3. The number of aryl methyl sites for hydroxylation is 1. The van der Waals surface area contributed by atoms with Crippen molar-refractivity contribution >= 4 is 5.69 Å². The van der Waals surface area contributed by atoms with Gasteiger partial charge >= 0.3 is 0 Å². The number of hydrogen-bond donors (Lipinski definition) is 1. The standard InChI is InChI=1S/C19H31NO/c1-5-21-19-12-15(4)9-10-18(19)20-17-8-6-7-16(13-17)11-14(2)3/h9-10,12,14,16-17,20H,5-8,11,13H2,1-4H3. The van der Waals surface area contributed by atoms with Crippen molar-refractivity contribution in [3.63, 3.8) is 0 Å². The molecule has 0 heterocycles. The summed E-state index contributed by atoms with van der Waals surface area (Å²) in [7, 11) is 0. The first kappa shape index (κ1) is 16.2. The Bertz CT molecular complexity index is 441. The largest absolute Gasteiger partial charge is 0.492 e. The maximum Gasteiger partial charge on any atom is 0.142 e. The van der Waals surface area contributed by atoms with Crippen LogP contribution in [0.25, 0.3) is 0 Å². The van der Waals surface area contributed by atoms with E-state index in [-0.39, 0.29) is 0 Å². The topological polar surface area (TPSA) is 21.3 Å². The van der Waals surface area contributed by atoms with E-state index in [1.54, 1.807) is 0 Å². The molecule has 2 atom stereocenters. The highest BCUT2D eigenvalue weighted by atomic mass is 16.5. The second-order valence-electron chi connectivity index (χ2n) is 6.94. The molecule has 0 amide bonds. The predicted octanol–water partition coefficient (Wildman–Crippen LogP) is 5.41. The molecule has 2 nitrogen and oxygen atoms in total. The first-order valence-corrected chi connectivity index (χ1v) is 8.58. The molecule has 1 fully saturated rings. The second kappa shape index (κ2) is 7.72. The van der Waals surface area contributed by atoms with Gasteiger partial charge in [-0.15, -0.1) is 0 Å². The first-order chi connectivity index (χ1) is 10.1. The fourth-order valence-corrected chi connectivity index (χ4v) is 3.55. The van der Waals surface area contributed by atoms with Gasteiger partial charge in [-0.05, 0) is 62.6 Å². The van der Waals surface area contributed by atoms with Gasteiger partial charge in [0.1, 0.15) is 5.75 Å². The van der Waals surface area contributed by atoms with Gasteiger partial charge in [-0.3, -0.25) is 0 Å². The quantitative estimate of drug-likeness (QED) is 0.756. The molecule has 2 rings (SSSR count). The molecule has 0 spiro atoms. The van der Waals surface area contributed by atoms with E-state index in [1.807, 2.05) is 6.92 Å². The number of benzene rings is 1. The molecule has 21 heavy (non-hydrogen) atoms. The molecule has 118 valence electrons. The molecule has 1 aliphatic rings. The van der Waals surface area contributed by atoms with Gasteiger partial charge in [-0.1, -0.05) is 32.8 Å². The van der Waals surface area contributed by atoms with Gasteiger partial charge in [0, 0.05) is 6.04 Å². The molecule has 2 heteroatoms. The van der Waals surface area contributed by atoms with E-state index in [9.17, 15) is 0 Å². The van der Waals surface area contributed by atoms with Crippen LogP contribution >= 0.6 is 0 Å². The van der Waals surface area contributed by atoms with Crippen molar-refractivity contribution < 1.29 is 4.74 Å². The van der Waals surface area contributed by atoms with E-state index in [2.05, 4.69) is 44.3 Å². The van der Waals surface area contributed by atoms with E-state index < -0.39 is 0 Å². The van der Waals surface area contributed by atoms with Crippen molar-refractivity contribution in [2.75, 3.05) is 11.9 Å². The summed E-state index contributed by atoms with van der Waals surface area (Å²) in [5.41, 5.74) is 2.42. The minimum Gasteiger partial charge on any atom is -0.492 e. The molecular formula is C19H31NO. The fraction of sp³-hybridized carbons (Fsp3) is 0.684. The van der Waals surface area contributed by atoms with Crippen LogP contribution in [-0.4, -0.2) is 12.6 Å². The van der Waals surface area contributed by atoms with Crippen LogP contribution in [0.3, 0.4) is 0 Å². The van der Waals surface area contributed by atoms with Crippen LogP contribution in [0.4, 0.5) is 5.69 Å². The van der Waals surface area contributed by atoms with Crippen LogP contribution in [0.15, 0.2) is 18.2 Å². The van der Waals surface area contributed by atoms with Crippen LogP contribution in [-0.2, 0) is 0 Å². The third-order valence-electron chi connectivity index (χ3n) is 4.38. The van der Waals surface area contributed by atoms with E-state index in [0.717, 1.165) is 29.9 Å². The Morgan fingerprint density at radius 1 is 1.29 bits per heavy atom. The molecule has 0 aliphatic heterocycles. The van der Waals surface area contributed by atoms with Gasteiger partial charge in [-0.25, -0.2) is 0 Å². The number of anilines is 1. The summed E-state index contributed by atoms with van der Waals surface area (Å²) in [6.07, 6.45) is 6.71. The van der Waals surface area contributed by atoms with E-state index >= 15 is 0 Å². The number of hydrogen-bond acceptors (Lipinski definition) is 2. The smallest absolute Gasteiger partial charge is 0.142 e. The number of nitrogens with one attached hydrogen (secondary N) is 1. The Balaban J connectivity index is 2.00. The van der Waals surface area contributed by atoms with Gasteiger partial charge in [0.15, 0.2) is 0 Å². The number of rotatable bonds is 6. The van der Waals surface area contributed by atoms with Crippen LogP contribution < -0.4 is 10.1 Å². The lowest BCUT2D eigenvalue weighted by molar-refractivity contribution is 0.288. The second-order valence-corrected chi connectivity index (χ2v) is 6.94. The van der Waals surface area contributed by atoms with Crippen molar-refractivity contribution in [2.45, 2.75) is 65.8 Å². The zero-order chi connectivity index (χ0) is 15.2. The fourth-order valence-electron chi connectivity index (χ4n) is 3.55. The maximum absolute atomic E-state index is 5.79. The first-order valence-electron chi connectivity index (χ1n) is 8.58. The summed E-state index contributed by atoms with van der Waals surface area (Å²) in [5, 5.41) is 3.74. The molecule has 0 bridgehead atoms. The predicted molar refractivity (Wildman–Crippen MR) is 91.2 cm³/mol. The van der Waals surface area contributed by atoms with Crippen molar-refractivity contribution in [3.05, 3.63) is 23.8 Å². The minimum atomic E-state index is 0.601. The van der Waals surface area contributed by atoms with Crippen LogP contribution in [0, 0.1) is 18.8 Å². The monoisotopic (exact) mass is 289 g/mol. The van der Waals surface area contributed by atoms with Gasteiger partial charge in [-0.2, -0.15) is 0 Å². The van der Waals surface area contributed by atoms with Crippen molar-refractivity contribution in [1.29, 1.82) is 0 Å². The lowest BCUT2D eigenvalue weighted by Gasteiger charge is -2.31. The molecule has 1 aromatic rings. The van der Waals surface area contributed by atoms with Crippen molar-refractivity contribution in [3.8, 4) is 5.75 Å². The molecule has 0 radical (unpaired) electrons. The molecule has 1 aromatic carbocycles. The van der Waals surface area contributed by atoms with Crippen molar-refractivity contribution in [2.24, 2.45) is 11.8 Å². The van der Waals surface area contributed by atoms with E-state index in [4.69, 9.17) is 4.74 Å². The lowest BCUT2D eigenvalue weighted by Crippen LogP contribution is -2.28. The lowest BCUT2D eigenvalue weighted by atomic mass is 9.81. The maximum atomic E-state index is 5.79. The Morgan fingerprint density at radius 3 is 2.81 bits per heavy atom. The zero-order valence-corrected chi connectivity index (χ0v) is 14.1. The molecule has 1 saturated carbocycles. The summed E-state index contributed by atoms with van der Waals surface area (Å²) in [5.74, 6) is 2.70. The average molecular weight is 289 g/mol. The SMILES string of the molecule is CCOc1cc(C)ccc1NC1CCCC(CC(C)C)C1. The summed E-state index contributed by atoms with van der Waals surface area (Å²) in [6, 6.07) is 7.08. The summed E-state index contributed by atoms with van der Waals surface area (Å²) < 4.78 is 5.79. The molecule has 0 aromatic heterocycles. The molecule has 1 N–H and O–H groups in total. The van der Waals surface area contributed by atoms with Gasteiger partial charge in [0.25, 0.3) is 0 Å². The molecular weight excluding hydrogens is 258 g/mol. The van der Waals surface area contributed by atoms with E-state index in [1.165, 1.54) is 37.7 Å². The van der Waals surface area contributed by atoms with Crippen LogP contribution in [0.5, 0.6) is 5.75 Å². The Hall–Kier alpha value is -1.18. The summed E-state index contributed by atoms with van der Waals surface area (Å²) in [4.78, 5) is 0. The summed E-state index contributed by atoms with van der Waals surface area (Å²) >= 11 is 0. The highest BCUT2D eigenvalue weighted by molar-refractivity contribution is 5.58. The highest BCUT2D eigenvalue weighted by Gasteiger charge is 2.23. The number of ether oxygens (including phenoxy) is 1. The van der Waals surface area contributed by atoms with E-state index in [0.29, 0.717) is 6.04 Å². The molecule has 1 aliphatic carbocycles. The Morgan fingerprint density at radius 2 is 2.10 bits per heavy atom. The van der Waals surface area contributed by atoms with Gasteiger partial charge in [0.2, 0.25) is 0 Å². The molecule has 2 unspecified atom stereocenters. The van der Waals surface area contributed by atoms with Gasteiger partial charge in [0.05, 0.1) is 12.3 Å². The third kappa shape index (κ3) is 4.94. The Kier molecular flexibility index (Phi) is 5.96. The van der Waals surface area contributed by atoms with Crippen LogP contribution in [0.1, 0.15) is 58.4 Å².